The Morgan fingerprint density at radius 3 is 2.53 bits per heavy atom. The summed E-state index contributed by atoms with van der Waals surface area (Å²) in [5.41, 5.74) is 1.30. The van der Waals surface area contributed by atoms with Gasteiger partial charge in [0, 0.05) is 12.0 Å². The van der Waals surface area contributed by atoms with Crippen LogP contribution in [-0.4, -0.2) is 18.2 Å². The Hall–Kier alpha value is -1.51. The van der Waals surface area contributed by atoms with Crippen molar-refractivity contribution in [1.29, 1.82) is 0 Å². The lowest BCUT2D eigenvalue weighted by Crippen LogP contribution is -2.41. The van der Waals surface area contributed by atoms with Crippen molar-refractivity contribution in [2.45, 2.75) is 52.2 Å². The van der Waals surface area contributed by atoms with E-state index in [0.717, 1.165) is 6.42 Å². The van der Waals surface area contributed by atoms with Crippen molar-refractivity contribution >= 4 is 6.09 Å². The van der Waals surface area contributed by atoms with Crippen molar-refractivity contribution in [3.8, 4) is 0 Å². The van der Waals surface area contributed by atoms with Crippen molar-refractivity contribution in [1.82, 2.24) is 5.32 Å². The minimum atomic E-state index is -0.300. The normalized spacial score (nSPS) is 23.6. The fourth-order valence-electron chi connectivity index (χ4n) is 1.92. The van der Waals surface area contributed by atoms with Crippen LogP contribution in [-0.2, 0) is 4.74 Å². The van der Waals surface area contributed by atoms with Crippen LogP contribution >= 0.6 is 0 Å². The molecule has 1 aromatic carbocycles. The lowest BCUT2D eigenvalue weighted by Gasteiger charge is -2.27. The molecule has 1 aliphatic carbocycles. The standard InChI is InChI=1S/C16H23NO2/c1-11(16(2,3)4)17-15(18)19-14-10-13(14)12-8-6-5-7-9-12/h5-9,11,13-14H,10H2,1-4H3,(H,17,18). The zero-order valence-electron chi connectivity index (χ0n) is 12.1. The summed E-state index contributed by atoms with van der Waals surface area (Å²) in [4.78, 5) is 11.8. The molecule has 3 unspecified atom stereocenters. The number of alkyl carbamates (subject to hydrolysis) is 1. The van der Waals surface area contributed by atoms with Crippen LogP contribution < -0.4 is 5.32 Å². The van der Waals surface area contributed by atoms with Crippen molar-refractivity contribution < 1.29 is 9.53 Å². The molecule has 0 radical (unpaired) electrons. The fourth-order valence-corrected chi connectivity index (χ4v) is 1.92. The number of nitrogens with one attached hydrogen (secondary N) is 1. The Balaban J connectivity index is 1.80. The summed E-state index contributed by atoms with van der Waals surface area (Å²) in [7, 11) is 0. The summed E-state index contributed by atoms with van der Waals surface area (Å²) in [6.07, 6.45) is 0.668. The third-order valence-electron chi connectivity index (χ3n) is 3.85. The van der Waals surface area contributed by atoms with Crippen LogP contribution in [0.4, 0.5) is 4.79 Å². The molecule has 0 aliphatic heterocycles. The smallest absolute Gasteiger partial charge is 0.407 e. The minimum Gasteiger partial charge on any atom is -0.446 e. The second-order valence-electron chi connectivity index (χ2n) is 6.43. The van der Waals surface area contributed by atoms with Crippen molar-refractivity contribution in [3.05, 3.63) is 35.9 Å². The molecule has 1 aliphatic rings. The molecule has 1 saturated carbocycles. The van der Waals surface area contributed by atoms with Gasteiger partial charge in [-0.15, -0.1) is 0 Å². The second kappa shape index (κ2) is 5.24. The molecule has 3 atom stereocenters. The first-order chi connectivity index (χ1) is 8.88. The van der Waals surface area contributed by atoms with E-state index in [2.05, 4.69) is 38.2 Å². The highest BCUT2D eigenvalue weighted by Crippen LogP contribution is 2.43. The molecule has 0 bridgehead atoms. The van der Waals surface area contributed by atoms with Gasteiger partial charge in [0.25, 0.3) is 0 Å². The molecule has 1 fully saturated rings. The number of amides is 1. The van der Waals surface area contributed by atoms with Crippen molar-refractivity contribution in [3.63, 3.8) is 0 Å². The third-order valence-corrected chi connectivity index (χ3v) is 3.85. The molecule has 0 aromatic heterocycles. The SMILES string of the molecule is CC(NC(=O)OC1CC1c1ccccc1)C(C)(C)C. The number of carbonyl (C=O) groups is 1. The molecule has 0 spiro atoms. The summed E-state index contributed by atoms with van der Waals surface area (Å²) in [5, 5.41) is 2.90. The molecule has 1 N–H and O–H groups in total. The number of rotatable bonds is 3. The van der Waals surface area contributed by atoms with Gasteiger partial charge in [-0.05, 0) is 24.3 Å². The molecular formula is C16H23NO2. The van der Waals surface area contributed by atoms with Gasteiger partial charge < -0.3 is 10.1 Å². The maximum absolute atomic E-state index is 11.8. The summed E-state index contributed by atoms with van der Waals surface area (Å²) in [5.74, 6) is 0.372. The molecule has 1 aromatic rings. The van der Waals surface area contributed by atoms with E-state index < -0.39 is 0 Å². The van der Waals surface area contributed by atoms with Gasteiger partial charge in [0.15, 0.2) is 0 Å². The second-order valence-corrected chi connectivity index (χ2v) is 6.43. The highest BCUT2D eigenvalue weighted by atomic mass is 16.6. The van der Waals surface area contributed by atoms with Gasteiger partial charge in [0.05, 0.1) is 0 Å². The number of hydrogen-bond donors (Lipinski definition) is 1. The van der Waals surface area contributed by atoms with Crippen LogP contribution in [0.2, 0.25) is 0 Å². The van der Waals surface area contributed by atoms with E-state index in [9.17, 15) is 4.79 Å². The first-order valence-electron chi connectivity index (χ1n) is 6.90. The maximum Gasteiger partial charge on any atom is 0.407 e. The van der Waals surface area contributed by atoms with Crippen LogP contribution in [0.25, 0.3) is 0 Å². The lowest BCUT2D eigenvalue weighted by atomic mass is 9.88. The van der Waals surface area contributed by atoms with Crippen LogP contribution in [0.5, 0.6) is 0 Å². The van der Waals surface area contributed by atoms with Gasteiger partial charge in [0.2, 0.25) is 0 Å². The van der Waals surface area contributed by atoms with Crippen LogP contribution in [0.3, 0.4) is 0 Å². The molecular weight excluding hydrogens is 238 g/mol. The van der Waals surface area contributed by atoms with Crippen LogP contribution in [0.1, 0.15) is 45.6 Å². The van der Waals surface area contributed by atoms with E-state index in [1.54, 1.807) is 0 Å². The zero-order valence-corrected chi connectivity index (χ0v) is 12.1. The first kappa shape index (κ1) is 13.9. The molecule has 1 amide bonds. The average Bonchev–Trinajstić information content (AvgIpc) is 3.08. The molecule has 19 heavy (non-hydrogen) atoms. The van der Waals surface area contributed by atoms with E-state index >= 15 is 0 Å². The Labute approximate surface area is 115 Å². The zero-order chi connectivity index (χ0) is 14.0. The molecule has 3 nitrogen and oxygen atoms in total. The van der Waals surface area contributed by atoms with E-state index in [1.807, 2.05) is 25.1 Å². The van der Waals surface area contributed by atoms with E-state index in [0.29, 0.717) is 5.92 Å². The highest BCUT2D eigenvalue weighted by Gasteiger charge is 2.42. The summed E-state index contributed by atoms with van der Waals surface area (Å²) in [6.45, 7) is 8.30. The predicted molar refractivity (Wildman–Crippen MR) is 76.1 cm³/mol. The molecule has 0 saturated heterocycles. The van der Waals surface area contributed by atoms with E-state index in [1.165, 1.54) is 5.56 Å². The Kier molecular flexibility index (Phi) is 3.83. The Bertz CT molecular complexity index is 436. The van der Waals surface area contributed by atoms with Crippen LogP contribution in [0.15, 0.2) is 30.3 Å². The van der Waals surface area contributed by atoms with Gasteiger partial charge in [0.1, 0.15) is 6.10 Å². The molecule has 2 rings (SSSR count). The largest absolute Gasteiger partial charge is 0.446 e. The van der Waals surface area contributed by atoms with Gasteiger partial charge >= 0.3 is 6.09 Å². The number of hydrogen-bond acceptors (Lipinski definition) is 2. The average molecular weight is 261 g/mol. The molecule has 3 heteroatoms. The lowest BCUT2D eigenvalue weighted by molar-refractivity contribution is 0.125. The third kappa shape index (κ3) is 3.72. The number of ether oxygens (including phenoxy) is 1. The van der Waals surface area contributed by atoms with Gasteiger partial charge in [-0.1, -0.05) is 51.1 Å². The monoisotopic (exact) mass is 261 g/mol. The Morgan fingerprint density at radius 2 is 1.95 bits per heavy atom. The number of carbonyl (C=O) groups excluding carboxylic acids is 1. The van der Waals surface area contributed by atoms with Crippen molar-refractivity contribution in [2.75, 3.05) is 0 Å². The number of benzene rings is 1. The first-order valence-corrected chi connectivity index (χ1v) is 6.90. The maximum atomic E-state index is 11.8. The van der Waals surface area contributed by atoms with Gasteiger partial charge in [-0.2, -0.15) is 0 Å². The molecule has 104 valence electrons. The van der Waals surface area contributed by atoms with E-state index in [4.69, 9.17) is 4.74 Å². The Morgan fingerprint density at radius 1 is 1.32 bits per heavy atom. The molecule has 0 heterocycles. The van der Waals surface area contributed by atoms with Gasteiger partial charge in [-0.3, -0.25) is 0 Å². The van der Waals surface area contributed by atoms with Gasteiger partial charge in [-0.25, -0.2) is 4.79 Å². The highest BCUT2D eigenvalue weighted by molar-refractivity contribution is 5.68. The summed E-state index contributed by atoms with van der Waals surface area (Å²) >= 11 is 0. The predicted octanol–water partition coefficient (Wildman–Crippen LogP) is 3.70. The quantitative estimate of drug-likeness (QED) is 0.901. The summed E-state index contributed by atoms with van der Waals surface area (Å²) in [6, 6.07) is 10.3. The summed E-state index contributed by atoms with van der Waals surface area (Å²) < 4.78 is 5.44. The van der Waals surface area contributed by atoms with Crippen molar-refractivity contribution in [2.24, 2.45) is 5.41 Å². The van der Waals surface area contributed by atoms with Crippen LogP contribution in [0, 0.1) is 5.41 Å². The van der Waals surface area contributed by atoms with E-state index in [-0.39, 0.29) is 23.7 Å². The topological polar surface area (TPSA) is 38.3 Å². The fraction of sp³-hybridized carbons (Fsp3) is 0.562. The minimum absolute atomic E-state index is 0.0366.